The van der Waals surface area contributed by atoms with Gasteiger partial charge < -0.3 is 0 Å². The summed E-state index contributed by atoms with van der Waals surface area (Å²) in [7, 11) is 0. The lowest BCUT2D eigenvalue weighted by Gasteiger charge is -2.02. The zero-order chi connectivity index (χ0) is 14.1. The summed E-state index contributed by atoms with van der Waals surface area (Å²) in [5, 5.41) is 18.6. The van der Waals surface area contributed by atoms with E-state index in [1.807, 2.05) is 17.5 Å². The van der Waals surface area contributed by atoms with Gasteiger partial charge in [-0.15, -0.1) is 21.5 Å². The Balaban J connectivity index is 2.04. The van der Waals surface area contributed by atoms with Crippen molar-refractivity contribution in [1.82, 2.24) is 14.6 Å². The van der Waals surface area contributed by atoms with Crippen LogP contribution in [0.4, 0.5) is 0 Å². The van der Waals surface area contributed by atoms with E-state index in [1.54, 1.807) is 23.5 Å². The number of hydrogen-bond donors (Lipinski definition) is 0. The van der Waals surface area contributed by atoms with Crippen LogP contribution < -0.4 is 5.56 Å². The molecule has 5 nitrogen and oxygen atoms in total. The summed E-state index contributed by atoms with van der Waals surface area (Å²) in [4.78, 5) is 12.7. The highest BCUT2D eigenvalue weighted by Crippen LogP contribution is 2.16. The van der Waals surface area contributed by atoms with Gasteiger partial charge in [0.25, 0.3) is 5.56 Å². The van der Waals surface area contributed by atoms with Gasteiger partial charge in [0.1, 0.15) is 5.69 Å². The molecule has 0 aliphatic rings. The summed E-state index contributed by atoms with van der Waals surface area (Å²) in [6.45, 7) is 1.66. The first kappa shape index (κ1) is 12.5. The topological polar surface area (TPSA) is 71.1 Å². The van der Waals surface area contributed by atoms with Gasteiger partial charge in [-0.05, 0) is 24.6 Å². The Hall–Kier alpha value is -2.52. The maximum absolute atomic E-state index is 12.1. The molecule has 0 fully saturated rings. The van der Waals surface area contributed by atoms with Crippen LogP contribution in [0.1, 0.15) is 22.5 Å². The van der Waals surface area contributed by atoms with Crippen molar-refractivity contribution in [3.63, 3.8) is 0 Å². The monoisotopic (exact) mass is 282 g/mol. The minimum absolute atomic E-state index is 0.125. The first-order chi connectivity index (χ1) is 9.69. The first-order valence-electron chi connectivity index (χ1n) is 6.00. The van der Waals surface area contributed by atoms with E-state index in [-0.39, 0.29) is 5.56 Å². The predicted octanol–water partition coefficient (Wildman–Crippen LogP) is 1.92. The van der Waals surface area contributed by atoms with Gasteiger partial charge >= 0.3 is 0 Å². The molecule has 0 aliphatic heterocycles. The van der Waals surface area contributed by atoms with E-state index in [9.17, 15) is 4.79 Å². The lowest BCUT2D eigenvalue weighted by atomic mass is 10.1. The largest absolute Gasteiger partial charge is 0.280 e. The Morgan fingerprint density at radius 3 is 2.75 bits per heavy atom. The molecule has 2 aromatic heterocycles. The molecule has 0 saturated carbocycles. The lowest BCUT2D eigenvalue weighted by Crippen LogP contribution is -2.20. The SMILES string of the molecule is Cc1nnc2scc(Cc3ccc(C#N)cc3)n2c1=O. The van der Waals surface area contributed by atoms with Crippen LogP contribution in [-0.2, 0) is 6.42 Å². The molecule has 3 aromatic rings. The average molecular weight is 282 g/mol. The van der Waals surface area contributed by atoms with Gasteiger partial charge in [0.15, 0.2) is 0 Å². The van der Waals surface area contributed by atoms with E-state index in [0.717, 1.165) is 11.3 Å². The standard InChI is InChI=1S/C14H10N4OS/c1-9-13(19)18-12(8-20-14(18)17-16-9)6-10-2-4-11(7-15)5-3-10/h2-5,8H,6H2,1H3. The van der Waals surface area contributed by atoms with E-state index in [2.05, 4.69) is 16.3 Å². The third-order valence-corrected chi connectivity index (χ3v) is 3.91. The van der Waals surface area contributed by atoms with Gasteiger partial charge in [0, 0.05) is 17.5 Å². The molecule has 0 unspecified atom stereocenters. The van der Waals surface area contributed by atoms with Crippen molar-refractivity contribution in [2.75, 3.05) is 0 Å². The van der Waals surface area contributed by atoms with Crippen molar-refractivity contribution in [3.05, 3.63) is 62.5 Å². The number of nitrogens with zero attached hydrogens (tertiary/aromatic N) is 4. The smallest absolute Gasteiger partial charge is 0.267 e. The second kappa shape index (κ2) is 4.87. The van der Waals surface area contributed by atoms with Crippen molar-refractivity contribution in [3.8, 4) is 6.07 Å². The third-order valence-electron chi connectivity index (χ3n) is 3.05. The van der Waals surface area contributed by atoms with Crippen LogP contribution in [0.3, 0.4) is 0 Å². The molecule has 6 heteroatoms. The molecule has 2 heterocycles. The van der Waals surface area contributed by atoms with Crippen LogP contribution in [0.25, 0.3) is 4.96 Å². The molecule has 0 amide bonds. The lowest BCUT2D eigenvalue weighted by molar-refractivity contribution is 0.874. The molecule has 20 heavy (non-hydrogen) atoms. The average Bonchev–Trinajstić information content (AvgIpc) is 2.87. The second-order valence-corrected chi connectivity index (χ2v) is 5.26. The van der Waals surface area contributed by atoms with Gasteiger partial charge in [-0.3, -0.25) is 9.20 Å². The highest BCUT2D eigenvalue weighted by molar-refractivity contribution is 7.15. The number of aryl methyl sites for hydroxylation is 1. The maximum atomic E-state index is 12.1. The highest BCUT2D eigenvalue weighted by atomic mass is 32.1. The normalized spacial score (nSPS) is 10.6. The molecule has 3 rings (SSSR count). The second-order valence-electron chi connectivity index (χ2n) is 4.42. The summed E-state index contributed by atoms with van der Waals surface area (Å²) in [5.74, 6) is 0. The molecular formula is C14H10N4OS. The van der Waals surface area contributed by atoms with Crippen molar-refractivity contribution in [2.24, 2.45) is 0 Å². The van der Waals surface area contributed by atoms with Crippen molar-refractivity contribution in [2.45, 2.75) is 13.3 Å². The van der Waals surface area contributed by atoms with Crippen LogP contribution >= 0.6 is 11.3 Å². The van der Waals surface area contributed by atoms with E-state index in [4.69, 9.17) is 5.26 Å². The van der Waals surface area contributed by atoms with Crippen LogP contribution in [-0.4, -0.2) is 14.6 Å². The fourth-order valence-electron chi connectivity index (χ4n) is 1.98. The third kappa shape index (κ3) is 2.08. The van der Waals surface area contributed by atoms with Crippen molar-refractivity contribution < 1.29 is 0 Å². The first-order valence-corrected chi connectivity index (χ1v) is 6.88. The minimum Gasteiger partial charge on any atom is -0.267 e. The molecule has 0 aliphatic carbocycles. The van der Waals surface area contributed by atoms with Crippen LogP contribution in [0.5, 0.6) is 0 Å². The Morgan fingerprint density at radius 2 is 2.05 bits per heavy atom. The number of rotatable bonds is 2. The van der Waals surface area contributed by atoms with Gasteiger partial charge in [0.05, 0.1) is 11.6 Å². The van der Waals surface area contributed by atoms with E-state index in [0.29, 0.717) is 22.6 Å². The van der Waals surface area contributed by atoms with Gasteiger partial charge in [-0.1, -0.05) is 12.1 Å². The number of fused-ring (bicyclic) bond motifs is 1. The van der Waals surface area contributed by atoms with Crippen LogP contribution in [0, 0.1) is 18.3 Å². The molecule has 1 aromatic carbocycles. The number of thiazole rings is 1. The van der Waals surface area contributed by atoms with Crippen molar-refractivity contribution >= 4 is 16.3 Å². The Morgan fingerprint density at radius 1 is 1.30 bits per heavy atom. The molecule has 0 bridgehead atoms. The van der Waals surface area contributed by atoms with Crippen LogP contribution in [0.2, 0.25) is 0 Å². The number of benzene rings is 1. The summed E-state index contributed by atoms with van der Waals surface area (Å²) >= 11 is 1.40. The van der Waals surface area contributed by atoms with Crippen molar-refractivity contribution in [1.29, 1.82) is 5.26 Å². The molecule has 0 saturated heterocycles. The van der Waals surface area contributed by atoms with E-state index in [1.165, 1.54) is 11.3 Å². The zero-order valence-corrected chi connectivity index (χ0v) is 11.5. The quantitative estimate of drug-likeness (QED) is 0.720. The fraction of sp³-hybridized carbons (Fsp3) is 0.143. The summed E-state index contributed by atoms with van der Waals surface area (Å²) in [5.41, 5.74) is 2.83. The number of hydrogen-bond acceptors (Lipinski definition) is 5. The molecule has 0 radical (unpaired) electrons. The molecule has 0 N–H and O–H groups in total. The summed E-state index contributed by atoms with van der Waals surface area (Å²) in [6.07, 6.45) is 0.622. The van der Waals surface area contributed by atoms with Gasteiger partial charge in [-0.2, -0.15) is 5.26 Å². The van der Waals surface area contributed by atoms with E-state index >= 15 is 0 Å². The van der Waals surface area contributed by atoms with Crippen LogP contribution in [0.15, 0.2) is 34.4 Å². The van der Waals surface area contributed by atoms with E-state index < -0.39 is 0 Å². The Kier molecular flexibility index (Phi) is 3.05. The minimum atomic E-state index is -0.125. The summed E-state index contributed by atoms with van der Waals surface area (Å²) in [6, 6.07) is 9.43. The number of nitriles is 1. The predicted molar refractivity (Wildman–Crippen MR) is 75.8 cm³/mol. The molecule has 0 atom stereocenters. The fourth-order valence-corrected chi connectivity index (χ4v) is 2.81. The Labute approximate surface area is 118 Å². The zero-order valence-electron chi connectivity index (χ0n) is 10.7. The summed E-state index contributed by atoms with van der Waals surface area (Å²) < 4.78 is 1.60. The Bertz CT molecular complexity index is 871. The van der Waals surface area contributed by atoms with Gasteiger partial charge in [0.2, 0.25) is 4.96 Å². The molecular weight excluding hydrogens is 272 g/mol. The number of aromatic nitrogens is 3. The molecule has 0 spiro atoms. The van der Waals surface area contributed by atoms with Gasteiger partial charge in [-0.25, -0.2) is 0 Å². The highest BCUT2D eigenvalue weighted by Gasteiger charge is 2.10. The maximum Gasteiger partial charge on any atom is 0.280 e. The molecule has 98 valence electrons.